The molecule has 5 aliphatic rings. The Balaban J connectivity index is 0.794. The van der Waals surface area contributed by atoms with Crippen LogP contribution in [0, 0.1) is 5.82 Å². The van der Waals surface area contributed by atoms with Crippen LogP contribution in [0.5, 0.6) is 0 Å². The van der Waals surface area contributed by atoms with Crippen LogP contribution in [0.25, 0.3) is 10.9 Å². The van der Waals surface area contributed by atoms with Crippen LogP contribution >= 0.6 is 0 Å². The number of piperazine rings is 1. The highest BCUT2D eigenvalue weighted by Crippen LogP contribution is 2.34. The van der Waals surface area contributed by atoms with E-state index in [9.17, 15) is 14.4 Å². The molecule has 59 heavy (non-hydrogen) atoms. The number of rotatable bonds is 10. The molecule has 4 fully saturated rings. The quantitative estimate of drug-likeness (QED) is 0.223. The highest BCUT2D eigenvalue weighted by Gasteiger charge is 2.41. The number of carbonyl (C=O) groups is 3. The molecule has 5 aliphatic heterocycles. The number of halogens is 1. The molecule has 4 saturated heterocycles. The molecule has 16 nitrogen and oxygen atoms in total. The molecular formula is C42H53FN12O4. The number of ether oxygens (including phenoxy) is 1. The first-order valence-electron chi connectivity index (χ1n) is 21.1. The van der Waals surface area contributed by atoms with Crippen molar-refractivity contribution in [3.63, 3.8) is 0 Å². The van der Waals surface area contributed by atoms with Crippen molar-refractivity contribution in [2.75, 3.05) is 74.6 Å². The summed E-state index contributed by atoms with van der Waals surface area (Å²) in [5.41, 5.74) is 2.24. The highest BCUT2D eigenvalue weighted by atomic mass is 19.1. The first-order chi connectivity index (χ1) is 28.6. The lowest BCUT2D eigenvalue weighted by atomic mass is 10.00. The molecule has 1 atom stereocenters. The Hall–Kier alpha value is -5.26. The molecule has 4 aromatic rings. The third-order valence-electron chi connectivity index (χ3n) is 12.8. The summed E-state index contributed by atoms with van der Waals surface area (Å²) in [5, 5.41) is 11.9. The number of amides is 3. The van der Waals surface area contributed by atoms with Crippen molar-refractivity contribution in [1.29, 1.82) is 0 Å². The molecule has 9 rings (SSSR count). The average molecular weight is 809 g/mol. The van der Waals surface area contributed by atoms with Crippen molar-refractivity contribution >= 4 is 52.0 Å². The summed E-state index contributed by atoms with van der Waals surface area (Å²) in [6, 6.07) is 7.19. The zero-order valence-corrected chi connectivity index (χ0v) is 34.1. The molecule has 0 bridgehead atoms. The van der Waals surface area contributed by atoms with Gasteiger partial charge in [-0.15, -0.1) is 0 Å². The van der Waals surface area contributed by atoms with Gasteiger partial charge in [-0.3, -0.25) is 34.2 Å². The standard InChI is InChI=1S/C42H53FN12O4/c1-26(2)55-34-22-36(46-35-8-13-44-42(47-35)53-16-11-29(59-3)12-17-53)45-23-31(34)39(49-55)52-20-18-51(19-21-52)28-9-14-50(15-10-28)24-27-4-5-30-32(38(27)43)25-54(41(30)58)33-6-7-37(56)48-40(33)57/h4-5,8,13,22-23,26,28-29,33H,6-7,9-12,14-21,24-25H2,1-3H3,(H,48,56,57)(H,44,45,46,47). The highest BCUT2D eigenvalue weighted by molar-refractivity contribution is 6.05. The van der Waals surface area contributed by atoms with E-state index in [0.717, 1.165) is 94.8 Å². The summed E-state index contributed by atoms with van der Waals surface area (Å²) < 4.78 is 23.5. The molecule has 0 aliphatic carbocycles. The maximum absolute atomic E-state index is 15.9. The lowest BCUT2D eigenvalue weighted by molar-refractivity contribution is -0.136. The minimum absolute atomic E-state index is 0.0388. The van der Waals surface area contributed by atoms with Gasteiger partial charge in [0.1, 0.15) is 23.5 Å². The Morgan fingerprint density at radius 2 is 1.69 bits per heavy atom. The fourth-order valence-electron chi connectivity index (χ4n) is 9.46. The van der Waals surface area contributed by atoms with E-state index < -0.39 is 11.9 Å². The molecule has 0 spiro atoms. The predicted molar refractivity (Wildman–Crippen MR) is 220 cm³/mol. The smallest absolute Gasteiger partial charge is 0.255 e. The van der Waals surface area contributed by atoms with Crippen LogP contribution in [0.1, 0.15) is 79.9 Å². The number of methoxy groups -OCH3 is 1. The van der Waals surface area contributed by atoms with Gasteiger partial charge in [-0.2, -0.15) is 10.1 Å². The van der Waals surface area contributed by atoms with E-state index in [4.69, 9.17) is 19.8 Å². The Morgan fingerprint density at radius 1 is 0.915 bits per heavy atom. The number of imide groups is 1. The second kappa shape index (κ2) is 16.4. The summed E-state index contributed by atoms with van der Waals surface area (Å²) in [7, 11) is 1.77. The summed E-state index contributed by atoms with van der Waals surface area (Å²) in [6.07, 6.45) is 8.33. The van der Waals surface area contributed by atoms with Gasteiger partial charge < -0.3 is 24.8 Å². The number of pyridine rings is 1. The van der Waals surface area contributed by atoms with Crippen molar-refractivity contribution < 1.29 is 23.5 Å². The van der Waals surface area contributed by atoms with Crippen molar-refractivity contribution in [3.05, 3.63) is 59.2 Å². The second-order valence-electron chi connectivity index (χ2n) is 16.7. The van der Waals surface area contributed by atoms with Gasteiger partial charge >= 0.3 is 0 Å². The van der Waals surface area contributed by atoms with Crippen LogP contribution in [0.3, 0.4) is 0 Å². The number of anilines is 4. The number of nitrogens with zero attached hydrogens (tertiary/aromatic N) is 10. The molecular weight excluding hydrogens is 756 g/mol. The van der Waals surface area contributed by atoms with Crippen molar-refractivity contribution in [2.45, 2.75) is 89.7 Å². The van der Waals surface area contributed by atoms with Gasteiger partial charge in [0.2, 0.25) is 17.8 Å². The molecule has 312 valence electrons. The molecule has 1 unspecified atom stereocenters. The lowest BCUT2D eigenvalue weighted by Crippen LogP contribution is -2.53. The maximum Gasteiger partial charge on any atom is 0.255 e. The maximum atomic E-state index is 15.9. The molecule has 8 heterocycles. The SMILES string of the molecule is COC1CCN(c2nccc(Nc3cc4c(cn3)c(N3CCN(C5CCN(Cc6ccc7c(c6F)CN(C6CCC(=O)NC6=O)C7=O)CC5)CC3)nn4C(C)C)n2)CC1. The molecule has 3 amide bonds. The van der Waals surface area contributed by atoms with E-state index in [-0.39, 0.29) is 49.2 Å². The van der Waals surface area contributed by atoms with E-state index in [2.05, 4.69) is 59.8 Å². The number of hydrogen-bond acceptors (Lipinski definition) is 13. The summed E-state index contributed by atoms with van der Waals surface area (Å²) in [6.45, 7) is 11.8. The number of piperidine rings is 3. The van der Waals surface area contributed by atoms with Gasteiger partial charge in [-0.05, 0) is 71.2 Å². The Kier molecular flexibility index (Phi) is 10.9. The Morgan fingerprint density at radius 3 is 2.42 bits per heavy atom. The van der Waals surface area contributed by atoms with Gasteiger partial charge in [0.05, 0.1) is 23.6 Å². The van der Waals surface area contributed by atoms with Crippen LogP contribution < -0.4 is 20.4 Å². The zero-order chi connectivity index (χ0) is 40.8. The van der Waals surface area contributed by atoms with E-state index in [1.807, 2.05) is 12.3 Å². The van der Waals surface area contributed by atoms with Crippen LogP contribution in [0.2, 0.25) is 0 Å². The van der Waals surface area contributed by atoms with Crippen LogP contribution in [-0.2, 0) is 27.4 Å². The van der Waals surface area contributed by atoms with Crippen molar-refractivity contribution in [3.8, 4) is 0 Å². The van der Waals surface area contributed by atoms with Crippen molar-refractivity contribution in [2.24, 2.45) is 0 Å². The van der Waals surface area contributed by atoms with Gasteiger partial charge in [0.25, 0.3) is 5.91 Å². The summed E-state index contributed by atoms with van der Waals surface area (Å²) >= 11 is 0. The number of benzene rings is 1. The predicted octanol–water partition coefficient (Wildman–Crippen LogP) is 3.85. The first kappa shape index (κ1) is 39.2. The largest absolute Gasteiger partial charge is 0.381 e. The van der Waals surface area contributed by atoms with Crippen LogP contribution in [0.15, 0.2) is 36.7 Å². The van der Waals surface area contributed by atoms with Gasteiger partial charge in [0, 0.05) is 107 Å². The number of aromatic nitrogens is 5. The minimum Gasteiger partial charge on any atom is -0.381 e. The number of likely N-dealkylation sites (tertiary alicyclic amines) is 1. The number of hydrogen-bond donors (Lipinski definition) is 2. The third kappa shape index (κ3) is 7.82. The summed E-state index contributed by atoms with van der Waals surface area (Å²) in [5.74, 6) is 1.51. The van der Waals surface area contributed by atoms with Gasteiger partial charge in [-0.25, -0.2) is 14.4 Å². The minimum atomic E-state index is -0.762. The molecule has 0 radical (unpaired) electrons. The Bertz CT molecular complexity index is 2230. The van der Waals surface area contributed by atoms with E-state index in [0.29, 0.717) is 46.9 Å². The zero-order valence-electron chi connectivity index (χ0n) is 34.1. The normalized spacial score (nSPS) is 21.5. The van der Waals surface area contributed by atoms with Gasteiger partial charge in [-0.1, -0.05) is 6.07 Å². The van der Waals surface area contributed by atoms with Crippen LogP contribution in [0.4, 0.5) is 27.8 Å². The topological polar surface area (TPSA) is 157 Å². The number of carbonyl (C=O) groups excluding carboxylic acids is 3. The van der Waals surface area contributed by atoms with Crippen LogP contribution in [-0.4, -0.2) is 135 Å². The lowest BCUT2D eigenvalue weighted by Gasteiger charge is -2.43. The molecule has 3 aromatic heterocycles. The number of nitrogens with one attached hydrogen (secondary N) is 2. The molecule has 1 aromatic carbocycles. The second-order valence-corrected chi connectivity index (χ2v) is 16.7. The monoisotopic (exact) mass is 808 g/mol. The average Bonchev–Trinajstić information content (AvgIpc) is 3.80. The summed E-state index contributed by atoms with van der Waals surface area (Å²) in [4.78, 5) is 62.3. The fraction of sp³-hybridized carbons (Fsp3) is 0.548. The van der Waals surface area contributed by atoms with E-state index >= 15 is 4.39 Å². The van der Waals surface area contributed by atoms with Gasteiger partial charge in [0.15, 0.2) is 5.82 Å². The van der Waals surface area contributed by atoms with E-state index in [1.165, 1.54) is 4.90 Å². The van der Waals surface area contributed by atoms with E-state index in [1.54, 1.807) is 25.4 Å². The molecule has 2 N–H and O–H groups in total. The fourth-order valence-corrected chi connectivity index (χ4v) is 9.46. The number of fused-ring (bicyclic) bond motifs is 2. The molecule has 0 saturated carbocycles. The Labute approximate surface area is 343 Å². The first-order valence-corrected chi connectivity index (χ1v) is 21.1. The molecule has 17 heteroatoms. The van der Waals surface area contributed by atoms with Crippen molar-refractivity contribution in [1.82, 2.24) is 44.7 Å². The third-order valence-corrected chi connectivity index (χ3v) is 12.8.